The molecule has 4 rings (SSSR count). The summed E-state index contributed by atoms with van der Waals surface area (Å²) in [5.41, 5.74) is 3.04. The second-order valence-electron chi connectivity index (χ2n) is 7.69. The Balaban J connectivity index is 1.66. The van der Waals surface area contributed by atoms with Crippen LogP contribution in [0.25, 0.3) is 22.2 Å². The molecule has 4 heteroatoms. The summed E-state index contributed by atoms with van der Waals surface area (Å²) in [5.74, 6) is 1.63. The third-order valence-electron chi connectivity index (χ3n) is 5.06. The predicted octanol–water partition coefficient (Wildman–Crippen LogP) is 5.95. The molecule has 0 aliphatic heterocycles. The van der Waals surface area contributed by atoms with Crippen molar-refractivity contribution in [3.8, 4) is 17.2 Å². The van der Waals surface area contributed by atoms with Gasteiger partial charge in [-0.05, 0) is 47.2 Å². The Bertz CT molecular complexity index is 1100. The van der Waals surface area contributed by atoms with Crippen molar-refractivity contribution in [3.05, 3.63) is 77.7 Å². The highest BCUT2D eigenvalue weighted by Gasteiger charge is 2.20. The zero-order chi connectivity index (χ0) is 19.7. The first-order valence-corrected chi connectivity index (χ1v) is 9.66. The fourth-order valence-corrected chi connectivity index (χ4v) is 3.55. The third-order valence-corrected chi connectivity index (χ3v) is 5.06. The van der Waals surface area contributed by atoms with Crippen LogP contribution in [0, 0.1) is 5.92 Å². The Labute approximate surface area is 164 Å². The van der Waals surface area contributed by atoms with E-state index in [0.717, 1.165) is 22.8 Å². The summed E-state index contributed by atoms with van der Waals surface area (Å²) in [6.45, 7) is 6.50. The van der Waals surface area contributed by atoms with E-state index in [4.69, 9.17) is 4.42 Å². The van der Waals surface area contributed by atoms with Crippen LogP contribution < -0.4 is 0 Å². The van der Waals surface area contributed by atoms with Crippen LogP contribution in [0.4, 0.5) is 0 Å². The van der Waals surface area contributed by atoms with Gasteiger partial charge in [0.25, 0.3) is 5.89 Å². The van der Waals surface area contributed by atoms with E-state index in [0.29, 0.717) is 23.3 Å². The Morgan fingerprint density at radius 3 is 2.39 bits per heavy atom. The summed E-state index contributed by atoms with van der Waals surface area (Å²) in [5, 5.41) is 20.8. The molecule has 4 nitrogen and oxygen atoms in total. The van der Waals surface area contributed by atoms with Crippen LogP contribution in [0.15, 0.2) is 65.1 Å². The van der Waals surface area contributed by atoms with E-state index in [9.17, 15) is 5.11 Å². The number of hydrogen-bond donors (Lipinski definition) is 1. The molecule has 1 atom stereocenters. The maximum Gasteiger partial charge on any atom is 0.252 e. The van der Waals surface area contributed by atoms with Gasteiger partial charge in [0, 0.05) is 0 Å². The molecule has 0 aliphatic carbocycles. The van der Waals surface area contributed by atoms with Crippen LogP contribution in [0.3, 0.4) is 0 Å². The zero-order valence-electron chi connectivity index (χ0n) is 16.4. The molecule has 0 amide bonds. The average Bonchev–Trinajstić information content (AvgIpc) is 3.17. The number of rotatable bonds is 5. The lowest BCUT2D eigenvalue weighted by Gasteiger charge is -2.10. The Hall–Kier alpha value is -3.14. The second-order valence-corrected chi connectivity index (χ2v) is 7.69. The van der Waals surface area contributed by atoms with Gasteiger partial charge in [0.05, 0.1) is 11.5 Å². The summed E-state index contributed by atoms with van der Waals surface area (Å²) in [7, 11) is 0. The summed E-state index contributed by atoms with van der Waals surface area (Å²) in [6.07, 6.45) is 1.07. The highest BCUT2D eigenvalue weighted by atomic mass is 16.4. The summed E-state index contributed by atoms with van der Waals surface area (Å²) >= 11 is 0. The van der Waals surface area contributed by atoms with Crippen LogP contribution in [0.2, 0.25) is 0 Å². The normalized spacial score (nSPS) is 12.6. The number of benzene rings is 3. The van der Waals surface area contributed by atoms with E-state index in [-0.39, 0.29) is 11.7 Å². The van der Waals surface area contributed by atoms with Crippen molar-refractivity contribution in [1.82, 2.24) is 10.2 Å². The van der Waals surface area contributed by atoms with Gasteiger partial charge in [0.15, 0.2) is 0 Å². The van der Waals surface area contributed by atoms with Crippen molar-refractivity contribution in [2.75, 3.05) is 0 Å². The highest BCUT2D eigenvalue weighted by Crippen LogP contribution is 2.36. The molecular weight excluding hydrogens is 348 g/mol. The first-order valence-electron chi connectivity index (χ1n) is 9.66. The summed E-state index contributed by atoms with van der Waals surface area (Å²) in [4.78, 5) is 0. The van der Waals surface area contributed by atoms with Crippen LogP contribution in [0.1, 0.15) is 43.7 Å². The Morgan fingerprint density at radius 2 is 1.64 bits per heavy atom. The lowest BCUT2D eigenvalue weighted by Crippen LogP contribution is -1.98. The van der Waals surface area contributed by atoms with Crippen LogP contribution in [-0.4, -0.2) is 15.3 Å². The smallest absolute Gasteiger partial charge is 0.252 e. The van der Waals surface area contributed by atoms with Crippen LogP contribution >= 0.6 is 0 Å². The van der Waals surface area contributed by atoms with Crippen LogP contribution in [-0.2, 0) is 6.42 Å². The van der Waals surface area contributed by atoms with E-state index >= 15 is 0 Å². The minimum absolute atomic E-state index is 0.0218. The van der Waals surface area contributed by atoms with E-state index in [1.165, 1.54) is 5.56 Å². The van der Waals surface area contributed by atoms with Gasteiger partial charge in [0.2, 0.25) is 5.89 Å². The molecule has 0 spiro atoms. The lowest BCUT2D eigenvalue weighted by molar-refractivity contribution is 0.466. The summed E-state index contributed by atoms with van der Waals surface area (Å²) < 4.78 is 5.99. The molecule has 28 heavy (non-hydrogen) atoms. The summed E-state index contributed by atoms with van der Waals surface area (Å²) in [6, 6.07) is 20.0. The number of hydrogen-bond acceptors (Lipinski definition) is 4. The Kier molecular flexibility index (Phi) is 4.86. The minimum Gasteiger partial charge on any atom is -0.507 e. The average molecular weight is 372 g/mol. The Morgan fingerprint density at radius 1 is 0.893 bits per heavy atom. The molecule has 0 saturated heterocycles. The minimum atomic E-state index is -0.0218. The maximum atomic E-state index is 10.4. The molecule has 1 aromatic heterocycles. The van der Waals surface area contributed by atoms with Gasteiger partial charge in [-0.3, -0.25) is 0 Å². The first kappa shape index (κ1) is 18.2. The number of aromatic nitrogens is 2. The lowest BCUT2D eigenvalue weighted by atomic mass is 9.97. The van der Waals surface area contributed by atoms with Crippen molar-refractivity contribution < 1.29 is 9.52 Å². The van der Waals surface area contributed by atoms with E-state index in [1.54, 1.807) is 6.07 Å². The molecule has 4 aromatic rings. The number of phenols is 1. The molecule has 0 bridgehead atoms. The molecule has 3 aromatic carbocycles. The van der Waals surface area contributed by atoms with Crippen molar-refractivity contribution in [2.45, 2.75) is 33.1 Å². The molecule has 0 saturated carbocycles. The zero-order valence-corrected chi connectivity index (χ0v) is 16.4. The second kappa shape index (κ2) is 7.47. The van der Waals surface area contributed by atoms with Gasteiger partial charge in [0.1, 0.15) is 5.75 Å². The molecular formula is C24H24N2O2. The highest BCUT2D eigenvalue weighted by molar-refractivity contribution is 5.97. The van der Waals surface area contributed by atoms with Crippen molar-refractivity contribution in [3.63, 3.8) is 0 Å². The van der Waals surface area contributed by atoms with E-state index < -0.39 is 0 Å². The molecule has 0 aliphatic rings. The third kappa shape index (κ3) is 3.50. The molecule has 1 N–H and O–H groups in total. The van der Waals surface area contributed by atoms with Crippen molar-refractivity contribution in [1.29, 1.82) is 0 Å². The number of nitrogens with zero attached hydrogens (tertiary/aromatic N) is 2. The fraction of sp³-hybridized carbons (Fsp3) is 0.250. The number of fused-ring (bicyclic) bond motifs is 1. The predicted molar refractivity (Wildman–Crippen MR) is 111 cm³/mol. The van der Waals surface area contributed by atoms with Gasteiger partial charge in [-0.2, -0.15) is 0 Å². The largest absolute Gasteiger partial charge is 0.507 e. The van der Waals surface area contributed by atoms with E-state index in [1.807, 2.05) is 30.3 Å². The molecule has 1 heterocycles. The van der Waals surface area contributed by atoms with Crippen molar-refractivity contribution >= 4 is 10.8 Å². The van der Waals surface area contributed by atoms with Gasteiger partial charge >= 0.3 is 0 Å². The molecule has 0 fully saturated rings. The van der Waals surface area contributed by atoms with Gasteiger partial charge in [-0.15, -0.1) is 10.2 Å². The maximum absolute atomic E-state index is 10.4. The first-order chi connectivity index (χ1) is 13.5. The van der Waals surface area contributed by atoms with Crippen molar-refractivity contribution in [2.24, 2.45) is 5.92 Å². The fourth-order valence-electron chi connectivity index (χ4n) is 3.55. The van der Waals surface area contributed by atoms with E-state index in [2.05, 4.69) is 55.2 Å². The van der Waals surface area contributed by atoms with Gasteiger partial charge < -0.3 is 9.52 Å². The van der Waals surface area contributed by atoms with Gasteiger partial charge in [-0.25, -0.2) is 0 Å². The SMILES string of the molecule is CC(C)Cc1ccc(C(C)c2nnc(-c3c(O)ccc4ccccc34)o2)cc1. The van der Waals surface area contributed by atoms with Gasteiger partial charge in [-0.1, -0.05) is 68.4 Å². The number of phenolic OH excluding ortho intramolecular Hbond substituents is 1. The monoisotopic (exact) mass is 372 g/mol. The number of aromatic hydroxyl groups is 1. The standard InChI is InChI=1S/C24H24N2O2/c1-15(2)14-17-8-10-18(11-9-17)16(3)23-25-26-24(28-23)22-20-7-5-4-6-19(20)12-13-21(22)27/h4-13,15-16,27H,14H2,1-3H3. The molecule has 142 valence electrons. The topological polar surface area (TPSA) is 59.2 Å². The molecule has 0 radical (unpaired) electrons. The van der Waals surface area contributed by atoms with Crippen LogP contribution in [0.5, 0.6) is 5.75 Å². The molecule has 1 unspecified atom stereocenters. The quantitative estimate of drug-likeness (QED) is 0.470.